The Balaban J connectivity index is 0.000000802. The van der Waals surface area contributed by atoms with Crippen molar-refractivity contribution in [2.24, 2.45) is 0 Å². The van der Waals surface area contributed by atoms with Gasteiger partial charge in [-0.25, -0.2) is 43.9 Å². The molecule has 0 N–H and O–H groups in total. The van der Waals surface area contributed by atoms with Crippen molar-refractivity contribution in [3.05, 3.63) is 82.1 Å². The van der Waals surface area contributed by atoms with E-state index in [0.29, 0.717) is 0 Å². The van der Waals surface area contributed by atoms with E-state index in [0.717, 1.165) is 0 Å². The van der Waals surface area contributed by atoms with E-state index < -0.39 is 104 Å². The molecule has 0 aromatic heterocycles. The van der Waals surface area contributed by atoms with Crippen molar-refractivity contribution in [3.8, 4) is 0 Å². The summed E-state index contributed by atoms with van der Waals surface area (Å²) in [5.74, 6) is -33.7. The summed E-state index contributed by atoms with van der Waals surface area (Å²) >= 11 is 0. The van der Waals surface area contributed by atoms with Crippen LogP contribution in [-0.4, -0.2) is 48.3 Å². The molecule has 0 unspecified atom stereocenters. The third-order valence-corrected chi connectivity index (χ3v) is 4.39. The molecule has 0 saturated heterocycles. The molecule has 0 aliphatic heterocycles. The van der Waals surface area contributed by atoms with Gasteiger partial charge in [0.2, 0.25) is 0 Å². The number of ketones is 4. The van der Waals surface area contributed by atoms with Crippen LogP contribution in [0.15, 0.2) is 0 Å². The van der Waals surface area contributed by atoms with Gasteiger partial charge < -0.3 is 38.2 Å². The number of ether oxygens (including phenoxy) is 2. The van der Waals surface area contributed by atoms with Crippen LogP contribution in [0.3, 0.4) is 0 Å². The number of Topliss-reactive ketones (excluding diaryl/α,β-unsaturated/α-hetero) is 4. The minimum atomic E-state index is -2.45. The molecule has 0 fully saturated rings. The second kappa shape index (κ2) is 16.3. The Labute approximate surface area is 243 Å². The predicted octanol–water partition coefficient (Wildman–Crippen LogP) is 3.80. The Bertz CT molecular complexity index is 1310. The Kier molecular flexibility index (Phi) is 14.6. The Morgan fingerprint density at radius 1 is 0.465 bits per heavy atom. The fourth-order valence-corrected chi connectivity index (χ4v) is 2.55. The number of hydrogen-bond acceptors (Lipinski definition) is 8. The monoisotopic (exact) mass is 681 g/mol. The Morgan fingerprint density at radius 2 is 0.674 bits per heavy atom. The van der Waals surface area contributed by atoms with E-state index in [9.17, 15) is 72.7 Å². The van der Waals surface area contributed by atoms with Crippen molar-refractivity contribution in [1.82, 2.24) is 0 Å². The van der Waals surface area contributed by atoms with E-state index in [-0.39, 0.29) is 43.1 Å². The van der Waals surface area contributed by atoms with Gasteiger partial charge in [0.05, 0.1) is 24.8 Å². The third-order valence-electron chi connectivity index (χ3n) is 4.39. The van der Waals surface area contributed by atoms with Crippen molar-refractivity contribution in [2.45, 2.75) is 13.8 Å². The summed E-state index contributed by atoms with van der Waals surface area (Å²) in [5.41, 5.74) is -3.66. The molecule has 0 spiro atoms. The molecule has 0 aliphatic carbocycles. The van der Waals surface area contributed by atoms with Crippen molar-refractivity contribution < 1.29 is 99.2 Å². The molecule has 0 bridgehead atoms. The van der Waals surface area contributed by atoms with Crippen molar-refractivity contribution >= 4 is 35.1 Å². The molecule has 0 aliphatic rings. The number of benzene rings is 2. The summed E-state index contributed by atoms with van der Waals surface area (Å²) in [6, 6.07) is 0. The number of esters is 2. The molecule has 0 heterocycles. The molecule has 2 aromatic carbocycles. The molecule has 0 atom stereocenters. The third kappa shape index (κ3) is 8.81. The zero-order valence-corrected chi connectivity index (χ0v) is 21.9. The summed E-state index contributed by atoms with van der Waals surface area (Å²) in [4.78, 5) is 66.9. The fraction of sp³-hybridized carbons (Fsp3) is 0.167. The number of halogens is 10. The number of rotatable bonds is 10. The van der Waals surface area contributed by atoms with Gasteiger partial charge in [-0.05, 0) is 13.8 Å². The molecule has 2 aromatic rings. The standard InChI is InChI=1S/2C12H6F5O4.Cu/c2*1-2-21-12(20)5(19)3-4(18)6-7(13)9(15)11(17)10(16)8(6)14;/h2*3H,2H2,1H3;/q2*-1;+2. The number of carbonyl (C=O) groups is 6. The summed E-state index contributed by atoms with van der Waals surface area (Å²) < 4.78 is 138. The molecule has 237 valence electrons. The van der Waals surface area contributed by atoms with E-state index >= 15 is 0 Å². The van der Waals surface area contributed by atoms with Gasteiger partial charge in [0.15, 0.2) is 46.5 Å². The van der Waals surface area contributed by atoms with Gasteiger partial charge >= 0.3 is 17.1 Å². The van der Waals surface area contributed by atoms with Crippen LogP contribution in [0.1, 0.15) is 34.6 Å². The van der Waals surface area contributed by atoms with Crippen LogP contribution < -0.4 is 0 Å². The quantitative estimate of drug-likeness (QED) is 0.0428. The van der Waals surface area contributed by atoms with Crippen LogP contribution in [0.4, 0.5) is 43.9 Å². The summed E-state index contributed by atoms with van der Waals surface area (Å²) in [5, 5.41) is 0. The zero-order chi connectivity index (χ0) is 32.6. The first-order valence-electron chi connectivity index (χ1n) is 10.7. The summed E-state index contributed by atoms with van der Waals surface area (Å²) in [6.07, 6.45) is -0.230. The molecule has 1 radical (unpaired) electrons. The Hall–Kier alpha value is -4.38. The van der Waals surface area contributed by atoms with E-state index in [4.69, 9.17) is 0 Å². The van der Waals surface area contributed by atoms with E-state index in [1.807, 2.05) is 0 Å². The second-order valence-corrected chi connectivity index (χ2v) is 7.08. The smallest absolute Gasteiger partial charge is 0.517 e. The van der Waals surface area contributed by atoms with Crippen molar-refractivity contribution in [3.63, 3.8) is 0 Å². The number of hydrogen-bond donors (Lipinski definition) is 0. The van der Waals surface area contributed by atoms with Crippen LogP contribution in [0, 0.1) is 71.0 Å². The van der Waals surface area contributed by atoms with Gasteiger partial charge in [0.25, 0.3) is 11.9 Å². The van der Waals surface area contributed by atoms with Crippen LogP contribution in [0.25, 0.3) is 0 Å². The summed E-state index contributed by atoms with van der Waals surface area (Å²) in [7, 11) is 0. The first kappa shape index (κ1) is 38.6. The molecule has 19 heteroatoms. The minimum Gasteiger partial charge on any atom is -0.517 e. The maximum absolute atomic E-state index is 13.3. The summed E-state index contributed by atoms with van der Waals surface area (Å²) in [6.45, 7) is 2.26. The van der Waals surface area contributed by atoms with Crippen LogP contribution in [0.2, 0.25) is 0 Å². The molecular formula is C24H12CuF10O8. The van der Waals surface area contributed by atoms with E-state index in [1.54, 1.807) is 0 Å². The average Bonchev–Trinajstić information content (AvgIpc) is 2.93. The topological polar surface area (TPSA) is 121 Å². The zero-order valence-electron chi connectivity index (χ0n) is 20.9. The maximum Gasteiger partial charge on any atom is 2.00 e. The van der Waals surface area contributed by atoms with Gasteiger partial charge in [0.1, 0.15) is 23.3 Å². The van der Waals surface area contributed by atoms with Gasteiger partial charge in [-0.3, -0.25) is 0 Å². The van der Waals surface area contributed by atoms with Gasteiger partial charge in [-0.1, -0.05) is 12.8 Å². The normalized spacial score (nSPS) is 9.95. The number of carbonyl (C=O) groups excluding carboxylic acids is 6. The second-order valence-electron chi connectivity index (χ2n) is 7.08. The molecule has 8 nitrogen and oxygen atoms in total. The molecule has 0 amide bonds. The predicted molar refractivity (Wildman–Crippen MR) is 113 cm³/mol. The molecule has 0 saturated carbocycles. The van der Waals surface area contributed by atoms with E-state index in [2.05, 4.69) is 9.47 Å². The largest absolute Gasteiger partial charge is 2.00 e. The molecular weight excluding hydrogens is 670 g/mol. The van der Waals surface area contributed by atoms with Crippen molar-refractivity contribution in [2.75, 3.05) is 13.2 Å². The fourth-order valence-electron chi connectivity index (χ4n) is 2.55. The first-order chi connectivity index (χ1) is 19.4. The van der Waals surface area contributed by atoms with Gasteiger partial charge in [0, 0.05) is 11.1 Å². The maximum atomic E-state index is 13.3. The van der Waals surface area contributed by atoms with Crippen LogP contribution in [-0.2, 0) is 45.7 Å². The SMILES string of the molecule is CCOC(=O)C(=O)[CH-]C(=O)c1c(F)c(F)c(F)c(F)c1F.CCOC(=O)C(=O)[CH-]C(=O)c1c(F)c(F)c(F)c(F)c1F.[Cu+2]. The van der Waals surface area contributed by atoms with Crippen LogP contribution in [0.5, 0.6) is 0 Å². The van der Waals surface area contributed by atoms with Crippen LogP contribution >= 0.6 is 0 Å². The minimum absolute atomic E-state index is 0. The Morgan fingerprint density at radius 3 is 0.884 bits per heavy atom. The first-order valence-corrected chi connectivity index (χ1v) is 10.7. The molecule has 43 heavy (non-hydrogen) atoms. The molecule has 2 rings (SSSR count). The van der Waals surface area contributed by atoms with Crippen molar-refractivity contribution in [1.29, 1.82) is 0 Å². The van der Waals surface area contributed by atoms with E-state index in [1.165, 1.54) is 13.8 Å². The van der Waals surface area contributed by atoms with Gasteiger partial charge in [-0.15, -0.1) is 0 Å². The average molecular weight is 682 g/mol. The van der Waals surface area contributed by atoms with Gasteiger partial charge in [-0.2, -0.15) is 0 Å².